The molecule has 0 unspecified atom stereocenters. The summed E-state index contributed by atoms with van der Waals surface area (Å²) in [6.45, 7) is 3.48. The molecule has 1 aromatic carbocycles. The number of halogens is 1. The lowest BCUT2D eigenvalue weighted by Crippen LogP contribution is -2.13. The normalized spacial score (nSPS) is 10.6. The highest BCUT2D eigenvalue weighted by molar-refractivity contribution is 7.18. The Balaban J connectivity index is 2.32. The third-order valence-electron chi connectivity index (χ3n) is 3.49. The summed E-state index contributed by atoms with van der Waals surface area (Å²) in [5, 5.41) is 21.9. The summed E-state index contributed by atoms with van der Waals surface area (Å²) >= 11 is 6.76. The molecule has 2 rings (SSSR count). The summed E-state index contributed by atoms with van der Waals surface area (Å²) in [7, 11) is 0. The number of nitriles is 2. The van der Waals surface area contributed by atoms with Crippen molar-refractivity contribution in [3.8, 4) is 12.1 Å². The fourth-order valence-corrected chi connectivity index (χ4v) is 3.34. The lowest BCUT2D eigenvalue weighted by molar-refractivity contribution is -0.112. The van der Waals surface area contributed by atoms with Crippen LogP contribution in [0, 0.1) is 29.6 Å². The van der Waals surface area contributed by atoms with Gasteiger partial charge in [0.2, 0.25) is 0 Å². The molecule has 0 aliphatic carbocycles. The highest BCUT2D eigenvalue weighted by Gasteiger charge is 2.23. The monoisotopic (exact) mass is 399 g/mol. The van der Waals surface area contributed by atoms with Gasteiger partial charge in [0.05, 0.1) is 12.2 Å². The first-order valence-corrected chi connectivity index (χ1v) is 9.00. The molecule has 27 heavy (non-hydrogen) atoms. The number of thiophene rings is 1. The molecule has 136 valence electrons. The number of carbonyl (C=O) groups is 2. The van der Waals surface area contributed by atoms with Crippen molar-refractivity contribution < 1.29 is 14.3 Å². The van der Waals surface area contributed by atoms with Crippen molar-refractivity contribution in [3.05, 3.63) is 56.4 Å². The maximum absolute atomic E-state index is 12.5. The van der Waals surface area contributed by atoms with Crippen molar-refractivity contribution in [2.45, 2.75) is 13.8 Å². The molecule has 0 fully saturated rings. The van der Waals surface area contributed by atoms with Crippen LogP contribution in [0.15, 0.2) is 29.8 Å². The summed E-state index contributed by atoms with van der Waals surface area (Å²) in [6, 6.07) is 10.4. The minimum Gasteiger partial charge on any atom is -0.462 e. The zero-order valence-corrected chi connectivity index (χ0v) is 16.1. The predicted molar refractivity (Wildman–Crippen MR) is 103 cm³/mol. The number of amides is 1. The number of anilines is 1. The van der Waals surface area contributed by atoms with E-state index in [1.807, 2.05) is 12.1 Å². The number of ether oxygens (including phenoxy) is 1. The second kappa shape index (κ2) is 9.00. The molecular weight excluding hydrogens is 386 g/mol. The minimum absolute atomic E-state index is 0.148. The van der Waals surface area contributed by atoms with Gasteiger partial charge in [-0.2, -0.15) is 10.5 Å². The molecule has 0 radical (unpaired) electrons. The van der Waals surface area contributed by atoms with Crippen LogP contribution in [0.1, 0.15) is 33.3 Å². The third kappa shape index (κ3) is 4.73. The van der Waals surface area contributed by atoms with Crippen LogP contribution in [0.4, 0.5) is 5.00 Å². The average Bonchev–Trinajstić information content (AvgIpc) is 2.96. The molecule has 0 saturated heterocycles. The lowest BCUT2D eigenvalue weighted by Gasteiger charge is -2.02. The molecule has 0 aliphatic rings. The van der Waals surface area contributed by atoms with E-state index in [9.17, 15) is 20.1 Å². The van der Waals surface area contributed by atoms with Crippen LogP contribution in [-0.2, 0) is 9.53 Å². The van der Waals surface area contributed by atoms with E-state index < -0.39 is 11.9 Å². The van der Waals surface area contributed by atoms with E-state index in [2.05, 4.69) is 5.32 Å². The zero-order valence-electron chi connectivity index (χ0n) is 14.5. The Bertz CT molecular complexity index is 995. The number of carbonyl (C=O) groups excluding carboxylic acids is 2. The Morgan fingerprint density at radius 3 is 2.52 bits per heavy atom. The van der Waals surface area contributed by atoms with Crippen molar-refractivity contribution in [2.24, 2.45) is 0 Å². The van der Waals surface area contributed by atoms with E-state index in [1.165, 1.54) is 6.08 Å². The van der Waals surface area contributed by atoms with Crippen LogP contribution in [0.2, 0.25) is 5.02 Å². The molecule has 2 aromatic rings. The van der Waals surface area contributed by atoms with E-state index in [-0.39, 0.29) is 27.6 Å². The number of hydrogen-bond acceptors (Lipinski definition) is 6. The maximum Gasteiger partial charge on any atom is 0.348 e. The van der Waals surface area contributed by atoms with Crippen molar-refractivity contribution >= 4 is 45.9 Å². The average molecular weight is 400 g/mol. The molecule has 0 bridgehead atoms. The van der Waals surface area contributed by atoms with Crippen LogP contribution in [0.5, 0.6) is 0 Å². The first-order chi connectivity index (χ1) is 12.9. The van der Waals surface area contributed by atoms with Crippen molar-refractivity contribution in [1.82, 2.24) is 0 Å². The van der Waals surface area contributed by atoms with Gasteiger partial charge in [0.25, 0.3) is 5.91 Å². The Hall–Kier alpha value is -3.13. The SMILES string of the molecule is CCOC(=O)c1sc(NC(=O)/C(C#N)=C/c2ccc(Cl)cc2)c(C#N)c1C. The van der Waals surface area contributed by atoms with Crippen LogP contribution in [0.25, 0.3) is 6.08 Å². The number of esters is 1. The third-order valence-corrected chi connectivity index (χ3v) is 4.93. The topological polar surface area (TPSA) is 103 Å². The second-order valence-corrected chi connectivity index (χ2v) is 6.73. The van der Waals surface area contributed by atoms with Gasteiger partial charge in [0, 0.05) is 5.02 Å². The fourth-order valence-electron chi connectivity index (χ4n) is 2.17. The molecule has 1 N–H and O–H groups in total. The molecule has 8 heteroatoms. The van der Waals surface area contributed by atoms with Crippen LogP contribution >= 0.6 is 22.9 Å². The molecule has 0 spiro atoms. The number of hydrogen-bond donors (Lipinski definition) is 1. The van der Waals surface area contributed by atoms with Gasteiger partial charge in [0.15, 0.2) is 0 Å². The standard InChI is InChI=1S/C19H14ClN3O3S/c1-3-26-19(25)16-11(2)15(10-22)18(27-16)23-17(24)13(9-21)8-12-4-6-14(20)7-5-12/h4-8H,3H2,1-2H3,(H,23,24)/b13-8+. The van der Waals surface area contributed by atoms with E-state index in [0.717, 1.165) is 11.3 Å². The number of nitrogens with zero attached hydrogens (tertiary/aromatic N) is 2. The predicted octanol–water partition coefficient (Wildman–Crippen LogP) is 4.30. The largest absolute Gasteiger partial charge is 0.462 e. The van der Waals surface area contributed by atoms with E-state index >= 15 is 0 Å². The summed E-state index contributed by atoms with van der Waals surface area (Å²) in [5.41, 5.74) is 1.07. The highest BCUT2D eigenvalue weighted by atomic mass is 35.5. The Morgan fingerprint density at radius 1 is 1.30 bits per heavy atom. The zero-order chi connectivity index (χ0) is 20.0. The number of nitrogens with one attached hydrogen (secondary N) is 1. The highest BCUT2D eigenvalue weighted by Crippen LogP contribution is 2.33. The second-order valence-electron chi connectivity index (χ2n) is 5.27. The van der Waals surface area contributed by atoms with Gasteiger partial charge in [-0.15, -0.1) is 11.3 Å². The molecule has 6 nitrogen and oxygen atoms in total. The summed E-state index contributed by atoms with van der Waals surface area (Å²) in [4.78, 5) is 24.7. The van der Waals surface area contributed by atoms with Crippen molar-refractivity contribution in [1.29, 1.82) is 10.5 Å². The minimum atomic E-state index is -0.680. The fraction of sp³-hybridized carbons (Fsp3) is 0.158. The van der Waals surface area contributed by atoms with Gasteiger partial charge in [-0.3, -0.25) is 4.79 Å². The molecule has 1 amide bonds. The quantitative estimate of drug-likeness (QED) is 0.458. The number of benzene rings is 1. The van der Waals surface area contributed by atoms with E-state index in [1.54, 1.807) is 38.1 Å². The van der Waals surface area contributed by atoms with Gasteiger partial charge in [-0.1, -0.05) is 23.7 Å². The summed E-state index contributed by atoms with van der Waals surface area (Å²) in [6.07, 6.45) is 1.41. The summed E-state index contributed by atoms with van der Waals surface area (Å²) < 4.78 is 4.96. The molecule has 0 atom stereocenters. The van der Waals surface area contributed by atoms with Crippen molar-refractivity contribution in [3.63, 3.8) is 0 Å². The molecule has 0 saturated carbocycles. The van der Waals surface area contributed by atoms with Crippen LogP contribution in [0.3, 0.4) is 0 Å². The van der Waals surface area contributed by atoms with Gasteiger partial charge in [0.1, 0.15) is 27.6 Å². The molecule has 1 aromatic heterocycles. The van der Waals surface area contributed by atoms with Gasteiger partial charge in [-0.05, 0) is 43.2 Å². The van der Waals surface area contributed by atoms with E-state index in [0.29, 0.717) is 16.1 Å². The summed E-state index contributed by atoms with van der Waals surface area (Å²) in [5.74, 6) is -1.24. The van der Waals surface area contributed by atoms with Crippen molar-refractivity contribution in [2.75, 3.05) is 11.9 Å². The first-order valence-electron chi connectivity index (χ1n) is 7.80. The molecular formula is C19H14ClN3O3S. The molecule has 0 aliphatic heterocycles. The lowest BCUT2D eigenvalue weighted by atomic mass is 10.1. The van der Waals surface area contributed by atoms with Gasteiger partial charge < -0.3 is 10.1 Å². The number of rotatable bonds is 5. The van der Waals surface area contributed by atoms with Crippen LogP contribution < -0.4 is 5.32 Å². The maximum atomic E-state index is 12.5. The Kier molecular flexibility index (Phi) is 6.73. The smallest absolute Gasteiger partial charge is 0.348 e. The Morgan fingerprint density at radius 2 is 1.96 bits per heavy atom. The first kappa shape index (κ1) is 20.2. The van der Waals surface area contributed by atoms with Crippen LogP contribution in [-0.4, -0.2) is 18.5 Å². The van der Waals surface area contributed by atoms with E-state index in [4.69, 9.17) is 16.3 Å². The Labute approximate surface area is 165 Å². The van der Waals surface area contributed by atoms with Gasteiger partial charge in [-0.25, -0.2) is 4.79 Å². The van der Waals surface area contributed by atoms with Gasteiger partial charge >= 0.3 is 5.97 Å². The molecule has 1 heterocycles.